The minimum absolute atomic E-state index is 0.199. The molecule has 2 aromatic rings. The van der Waals surface area contributed by atoms with Gasteiger partial charge in [-0.2, -0.15) is 0 Å². The molecule has 120 valence electrons. The maximum Gasteiger partial charge on any atom is 0.305 e. The highest BCUT2D eigenvalue weighted by molar-refractivity contribution is 5.93. The van der Waals surface area contributed by atoms with E-state index in [1.807, 2.05) is 32.0 Å². The molecule has 23 heavy (non-hydrogen) atoms. The molecule has 1 amide bonds. The van der Waals surface area contributed by atoms with Gasteiger partial charge < -0.3 is 10.4 Å². The lowest BCUT2D eigenvalue weighted by Crippen LogP contribution is -2.32. The van der Waals surface area contributed by atoms with Gasteiger partial charge in [-0.1, -0.05) is 18.2 Å². The Morgan fingerprint density at radius 1 is 1.17 bits per heavy atom. The minimum Gasteiger partial charge on any atom is -0.481 e. The standard InChI is InChI=1S/C17H19N3O3/c1-10-5-4-6-13(11(10)2)14(9-15(21)22)20-17(23)16-12(3)18-7-8-19-16/h4-8,14H,9H2,1-3H3,(H,20,23)(H,21,22)/t14-/m1/s1. The summed E-state index contributed by atoms with van der Waals surface area (Å²) in [5, 5.41) is 11.9. The Kier molecular flexibility index (Phi) is 5.05. The number of hydrogen-bond donors (Lipinski definition) is 2. The van der Waals surface area contributed by atoms with Gasteiger partial charge in [-0.25, -0.2) is 4.98 Å². The van der Waals surface area contributed by atoms with Crippen molar-refractivity contribution in [1.82, 2.24) is 15.3 Å². The van der Waals surface area contributed by atoms with E-state index in [0.717, 1.165) is 16.7 Å². The van der Waals surface area contributed by atoms with E-state index in [1.165, 1.54) is 12.4 Å². The summed E-state index contributed by atoms with van der Waals surface area (Å²) in [7, 11) is 0. The van der Waals surface area contributed by atoms with E-state index in [2.05, 4.69) is 15.3 Å². The van der Waals surface area contributed by atoms with Crippen LogP contribution in [0.5, 0.6) is 0 Å². The molecule has 0 aliphatic carbocycles. The number of nitrogens with one attached hydrogen (secondary N) is 1. The van der Waals surface area contributed by atoms with Gasteiger partial charge in [-0.05, 0) is 37.5 Å². The van der Waals surface area contributed by atoms with Crippen LogP contribution in [0.2, 0.25) is 0 Å². The number of carboxylic acid groups (broad SMARTS) is 1. The van der Waals surface area contributed by atoms with Crippen molar-refractivity contribution in [3.63, 3.8) is 0 Å². The predicted molar refractivity (Wildman–Crippen MR) is 85.1 cm³/mol. The fourth-order valence-electron chi connectivity index (χ4n) is 2.42. The number of benzene rings is 1. The second kappa shape index (κ2) is 7.00. The number of carboxylic acids is 1. The van der Waals surface area contributed by atoms with Crippen molar-refractivity contribution >= 4 is 11.9 Å². The number of amides is 1. The van der Waals surface area contributed by atoms with E-state index >= 15 is 0 Å². The van der Waals surface area contributed by atoms with E-state index in [0.29, 0.717) is 5.69 Å². The van der Waals surface area contributed by atoms with Crippen LogP contribution in [-0.4, -0.2) is 27.0 Å². The molecule has 0 aliphatic rings. The third kappa shape index (κ3) is 3.91. The van der Waals surface area contributed by atoms with Crippen LogP contribution < -0.4 is 5.32 Å². The number of carbonyl (C=O) groups excluding carboxylic acids is 1. The smallest absolute Gasteiger partial charge is 0.305 e. The van der Waals surface area contributed by atoms with Crippen LogP contribution in [0.4, 0.5) is 0 Å². The van der Waals surface area contributed by atoms with Gasteiger partial charge in [0.2, 0.25) is 0 Å². The first-order chi connectivity index (χ1) is 10.9. The molecule has 6 heteroatoms. The Morgan fingerprint density at radius 3 is 2.52 bits per heavy atom. The van der Waals surface area contributed by atoms with Crippen molar-refractivity contribution < 1.29 is 14.7 Å². The molecule has 0 saturated carbocycles. The van der Waals surface area contributed by atoms with Crippen molar-refractivity contribution in [3.05, 3.63) is 58.7 Å². The summed E-state index contributed by atoms with van der Waals surface area (Å²) in [6.45, 7) is 5.55. The second-order valence-electron chi connectivity index (χ2n) is 5.40. The molecular formula is C17H19N3O3. The maximum atomic E-state index is 12.4. The molecule has 0 fully saturated rings. The first-order valence-corrected chi connectivity index (χ1v) is 7.26. The minimum atomic E-state index is -0.980. The van der Waals surface area contributed by atoms with Crippen LogP contribution in [0.3, 0.4) is 0 Å². The van der Waals surface area contributed by atoms with Crippen LogP contribution in [0.25, 0.3) is 0 Å². The number of aromatic nitrogens is 2. The average molecular weight is 313 g/mol. The largest absolute Gasteiger partial charge is 0.481 e. The molecule has 0 bridgehead atoms. The van der Waals surface area contributed by atoms with Crippen molar-refractivity contribution in [2.75, 3.05) is 0 Å². The van der Waals surface area contributed by atoms with Crippen molar-refractivity contribution in [2.45, 2.75) is 33.2 Å². The summed E-state index contributed by atoms with van der Waals surface area (Å²) in [6.07, 6.45) is 2.74. The van der Waals surface area contributed by atoms with Crippen LogP contribution in [0.1, 0.15) is 45.3 Å². The Hall–Kier alpha value is -2.76. The zero-order chi connectivity index (χ0) is 17.0. The van der Waals surface area contributed by atoms with Crippen molar-refractivity contribution in [2.24, 2.45) is 0 Å². The maximum absolute atomic E-state index is 12.4. The van der Waals surface area contributed by atoms with E-state index in [9.17, 15) is 9.59 Å². The van der Waals surface area contributed by atoms with E-state index < -0.39 is 17.9 Å². The third-order valence-corrected chi connectivity index (χ3v) is 3.80. The van der Waals surface area contributed by atoms with E-state index in [-0.39, 0.29) is 12.1 Å². The lowest BCUT2D eigenvalue weighted by molar-refractivity contribution is -0.137. The van der Waals surface area contributed by atoms with Gasteiger partial charge in [0.1, 0.15) is 5.69 Å². The van der Waals surface area contributed by atoms with Crippen LogP contribution >= 0.6 is 0 Å². The van der Waals surface area contributed by atoms with E-state index in [4.69, 9.17) is 5.11 Å². The second-order valence-corrected chi connectivity index (χ2v) is 5.40. The molecule has 6 nitrogen and oxygen atoms in total. The summed E-state index contributed by atoms with van der Waals surface area (Å²) in [5.41, 5.74) is 3.51. The fraction of sp³-hybridized carbons (Fsp3) is 0.294. The number of nitrogens with zero attached hydrogens (tertiary/aromatic N) is 2. The van der Waals surface area contributed by atoms with Crippen LogP contribution in [-0.2, 0) is 4.79 Å². The lowest BCUT2D eigenvalue weighted by atomic mass is 9.95. The normalized spacial score (nSPS) is 11.8. The molecule has 2 N–H and O–H groups in total. The first-order valence-electron chi connectivity index (χ1n) is 7.26. The van der Waals surface area contributed by atoms with Gasteiger partial charge in [0, 0.05) is 12.4 Å². The van der Waals surface area contributed by atoms with Gasteiger partial charge in [-0.15, -0.1) is 0 Å². The zero-order valence-corrected chi connectivity index (χ0v) is 13.3. The number of aryl methyl sites for hydroxylation is 2. The number of hydrogen-bond acceptors (Lipinski definition) is 4. The molecule has 1 aromatic heterocycles. The zero-order valence-electron chi connectivity index (χ0n) is 13.3. The number of aliphatic carboxylic acids is 1. The SMILES string of the molecule is Cc1cccc([C@@H](CC(=O)O)NC(=O)c2nccnc2C)c1C. The van der Waals surface area contributed by atoms with Gasteiger partial charge in [0.25, 0.3) is 5.91 Å². The molecule has 0 spiro atoms. The molecular weight excluding hydrogens is 294 g/mol. The number of carbonyl (C=O) groups is 2. The molecule has 0 radical (unpaired) electrons. The predicted octanol–water partition coefficient (Wildman–Crippen LogP) is 2.35. The first kappa shape index (κ1) is 16.6. The van der Waals surface area contributed by atoms with Gasteiger partial charge in [0.15, 0.2) is 0 Å². The van der Waals surface area contributed by atoms with E-state index in [1.54, 1.807) is 6.92 Å². The van der Waals surface area contributed by atoms with Crippen LogP contribution in [0.15, 0.2) is 30.6 Å². The summed E-state index contributed by atoms with van der Waals surface area (Å²) in [5.74, 6) is -1.41. The highest BCUT2D eigenvalue weighted by Gasteiger charge is 2.22. The van der Waals surface area contributed by atoms with Gasteiger partial charge >= 0.3 is 5.97 Å². The van der Waals surface area contributed by atoms with Gasteiger partial charge in [-0.3, -0.25) is 14.6 Å². The fourth-order valence-corrected chi connectivity index (χ4v) is 2.42. The third-order valence-electron chi connectivity index (χ3n) is 3.80. The van der Waals surface area contributed by atoms with Crippen molar-refractivity contribution in [1.29, 1.82) is 0 Å². The number of rotatable bonds is 5. The lowest BCUT2D eigenvalue weighted by Gasteiger charge is -2.20. The Morgan fingerprint density at radius 2 is 1.87 bits per heavy atom. The highest BCUT2D eigenvalue weighted by atomic mass is 16.4. The summed E-state index contributed by atoms with van der Waals surface area (Å²) in [4.78, 5) is 31.7. The molecule has 1 heterocycles. The summed E-state index contributed by atoms with van der Waals surface area (Å²) >= 11 is 0. The molecule has 0 unspecified atom stereocenters. The van der Waals surface area contributed by atoms with Crippen molar-refractivity contribution in [3.8, 4) is 0 Å². The summed E-state index contributed by atoms with van der Waals surface area (Å²) < 4.78 is 0. The Bertz CT molecular complexity index is 744. The molecule has 0 saturated heterocycles. The highest BCUT2D eigenvalue weighted by Crippen LogP contribution is 2.23. The topological polar surface area (TPSA) is 92.2 Å². The molecule has 2 rings (SSSR count). The quantitative estimate of drug-likeness (QED) is 0.884. The molecule has 0 aliphatic heterocycles. The average Bonchev–Trinajstić information content (AvgIpc) is 2.49. The summed E-state index contributed by atoms with van der Waals surface area (Å²) in [6, 6.07) is 5.01. The molecule has 1 aromatic carbocycles. The Labute approximate surface area is 134 Å². The molecule has 1 atom stereocenters. The van der Waals surface area contributed by atoms with Crippen LogP contribution in [0, 0.1) is 20.8 Å². The van der Waals surface area contributed by atoms with Gasteiger partial charge in [0.05, 0.1) is 18.2 Å². The monoisotopic (exact) mass is 313 g/mol. The Balaban J connectivity index is 2.33.